The van der Waals surface area contributed by atoms with Gasteiger partial charge in [-0.2, -0.15) is 0 Å². The van der Waals surface area contributed by atoms with Crippen molar-refractivity contribution in [3.63, 3.8) is 0 Å². The quantitative estimate of drug-likeness (QED) is 0.192. The molecule has 1 aromatic heterocycles. The summed E-state index contributed by atoms with van der Waals surface area (Å²) in [7, 11) is 0. The van der Waals surface area contributed by atoms with E-state index in [0.29, 0.717) is 0 Å². The third kappa shape index (κ3) is 4.45. The molecule has 0 saturated carbocycles. The van der Waals surface area contributed by atoms with Crippen molar-refractivity contribution in [3.8, 4) is 55.8 Å². The molecule has 53 heavy (non-hydrogen) atoms. The maximum Gasteiger partial charge on any atom is 0.0551 e. The van der Waals surface area contributed by atoms with E-state index in [1.54, 1.807) is 0 Å². The lowest BCUT2D eigenvalue weighted by atomic mass is 9.81. The van der Waals surface area contributed by atoms with E-state index in [1.807, 2.05) is 0 Å². The number of benzene rings is 8. The second-order valence-electron chi connectivity index (χ2n) is 15.0. The number of nitrogens with zero attached hydrogens (tertiary/aromatic N) is 1. The number of aromatic nitrogens is 1. The lowest BCUT2D eigenvalue weighted by Gasteiger charge is -2.26. The Morgan fingerprint density at radius 1 is 0.434 bits per heavy atom. The Balaban J connectivity index is 0.920. The first-order valence-electron chi connectivity index (χ1n) is 18.5. The van der Waals surface area contributed by atoms with E-state index < -0.39 is 0 Å². The standard InChI is InChI=1S/C51H36N2/c1-51(2)45-17-7-6-14-40(45)41-28-22-35(30-46(41)51)32-18-24-38(25-19-32)53(37-12-4-3-5-13-37)39-26-20-33(21-27-39)36-23-29-42-47(31-36)52-50-44-16-9-11-34-10-8-15-43(48(34)44)49(42)50/h3-31,52H,1-2H3. The zero-order valence-electron chi connectivity index (χ0n) is 29.7. The highest BCUT2D eigenvalue weighted by Gasteiger charge is 2.35. The first kappa shape index (κ1) is 30.0. The summed E-state index contributed by atoms with van der Waals surface area (Å²) < 4.78 is 0. The summed E-state index contributed by atoms with van der Waals surface area (Å²) in [5.74, 6) is 0. The van der Waals surface area contributed by atoms with Crippen molar-refractivity contribution in [2.24, 2.45) is 0 Å². The Kier molecular flexibility index (Phi) is 6.33. The minimum absolute atomic E-state index is 0.0211. The van der Waals surface area contributed by atoms with E-state index in [2.05, 4.69) is 200 Å². The average molecular weight is 677 g/mol. The summed E-state index contributed by atoms with van der Waals surface area (Å²) in [6, 6.07) is 64.6. The molecule has 8 aromatic carbocycles. The average Bonchev–Trinajstić information content (AvgIpc) is 3.82. The van der Waals surface area contributed by atoms with Crippen LogP contribution in [0.2, 0.25) is 0 Å². The van der Waals surface area contributed by atoms with Crippen LogP contribution in [0.3, 0.4) is 0 Å². The largest absolute Gasteiger partial charge is 0.354 e. The summed E-state index contributed by atoms with van der Waals surface area (Å²) >= 11 is 0. The van der Waals surface area contributed by atoms with Gasteiger partial charge >= 0.3 is 0 Å². The molecule has 2 aliphatic carbocycles. The summed E-state index contributed by atoms with van der Waals surface area (Å²) in [4.78, 5) is 6.13. The first-order valence-corrected chi connectivity index (χ1v) is 18.5. The summed E-state index contributed by atoms with van der Waals surface area (Å²) in [6.45, 7) is 4.69. The first-order chi connectivity index (χ1) is 26.0. The predicted molar refractivity (Wildman–Crippen MR) is 223 cm³/mol. The molecule has 11 rings (SSSR count). The highest BCUT2D eigenvalue weighted by Crippen LogP contribution is 2.51. The van der Waals surface area contributed by atoms with Crippen molar-refractivity contribution in [1.82, 2.24) is 4.98 Å². The molecule has 0 radical (unpaired) electrons. The van der Waals surface area contributed by atoms with Gasteiger partial charge in [0.05, 0.1) is 5.69 Å². The van der Waals surface area contributed by atoms with Crippen LogP contribution in [-0.4, -0.2) is 4.98 Å². The second-order valence-corrected chi connectivity index (χ2v) is 15.0. The minimum Gasteiger partial charge on any atom is -0.354 e. The van der Waals surface area contributed by atoms with Crippen LogP contribution in [0, 0.1) is 0 Å². The molecule has 0 atom stereocenters. The topological polar surface area (TPSA) is 19.0 Å². The van der Waals surface area contributed by atoms with Gasteiger partial charge in [0.1, 0.15) is 0 Å². The molecule has 1 heterocycles. The number of fused-ring (bicyclic) bond motifs is 8. The van der Waals surface area contributed by atoms with Crippen LogP contribution in [0.25, 0.3) is 77.4 Å². The number of anilines is 3. The van der Waals surface area contributed by atoms with Gasteiger partial charge in [0, 0.05) is 44.5 Å². The summed E-state index contributed by atoms with van der Waals surface area (Å²) in [5.41, 5.74) is 20.1. The molecule has 0 amide bonds. The van der Waals surface area contributed by atoms with E-state index in [4.69, 9.17) is 0 Å². The molecule has 0 bridgehead atoms. The van der Waals surface area contributed by atoms with Crippen molar-refractivity contribution in [3.05, 3.63) is 187 Å². The molecule has 9 aromatic rings. The number of para-hydroxylation sites is 1. The Morgan fingerprint density at radius 3 is 1.74 bits per heavy atom. The van der Waals surface area contributed by atoms with Crippen LogP contribution in [0.15, 0.2) is 176 Å². The zero-order chi connectivity index (χ0) is 35.3. The van der Waals surface area contributed by atoms with E-state index >= 15 is 0 Å². The Morgan fingerprint density at radius 2 is 1.00 bits per heavy atom. The van der Waals surface area contributed by atoms with Crippen molar-refractivity contribution in [2.75, 3.05) is 4.90 Å². The SMILES string of the molecule is CC1(C)c2ccccc2-c2ccc(-c3ccc(N(c4ccccc4)c4ccc(-c5ccc6c7c([nH]c6c5)-c5cccc6cccc-7c56)cc4)cc3)cc21. The molecule has 2 heteroatoms. The van der Waals surface area contributed by atoms with Gasteiger partial charge in [0.2, 0.25) is 0 Å². The molecule has 0 spiro atoms. The van der Waals surface area contributed by atoms with Crippen LogP contribution in [0.1, 0.15) is 25.0 Å². The fraction of sp³-hybridized carbons (Fsp3) is 0.0588. The normalized spacial score (nSPS) is 13.2. The molecular formula is C51H36N2. The Bertz CT molecular complexity index is 2890. The monoisotopic (exact) mass is 676 g/mol. The van der Waals surface area contributed by atoms with Gasteiger partial charge in [-0.3, -0.25) is 0 Å². The van der Waals surface area contributed by atoms with Gasteiger partial charge in [0.15, 0.2) is 0 Å². The number of aromatic amines is 1. The number of hydrogen-bond donors (Lipinski definition) is 1. The van der Waals surface area contributed by atoms with Crippen LogP contribution in [0.5, 0.6) is 0 Å². The minimum atomic E-state index is -0.0211. The molecule has 0 aliphatic heterocycles. The van der Waals surface area contributed by atoms with Gasteiger partial charge in [-0.15, -0.1) is 0 Å². The lowest BCUT2D eigenvalue weighted by Crippen LogP contribution is -2.14. The fourth-order valence-electron chi connectivity index (χ4n) is 9.13. The maximum absolute atomic E-state index is 3.79. The molecule has 1 N–H and O–H groups in total. The van der Waals surface area contributed by atoms with E-state index in [1.165, 1.54) is 88.6 Å². The lowest BCUT2D eigenvalue weighted by molar-refractivity contribution is 0.660. The third-order valence-electron chi connectivity index (χ3n) is 11.8. The van der Waals surface area contributed by atoms with Crippen LogP contribution < -0.4 is 4.90 Å². The molecule has 2 nitrogen and oxygen atoms in total. The van der Waals surface area contributed by atoms with Crippen molar-refractivity contribution >= 4 is 38.7 Å². The molecule has 250 valence electrons. The zero-order valence-corrected chi connectivity index (χ0v) is 29.7. The van der Waals surface area contributed by atoms with E-state index in [9.17, 15) is 0 Å². The number of H-pyrrole nitrogens is 1. The molecule has 2 aliphatic rings. The van der Waals surface area contributed by atoms with Crippen LogP contribution in [0.4, 0.5) is 17.1 Å². The van der Waals surface area contributed by atoms with E-state index in [-0.39, 0.29) is 5.41 Å². The van der Waals surface area contributed by atoms with Crippen molar-refractivity contribution in [2.45, 2.75) is 19.3 Å². The molecule has 0 unspecified atom stereocenters. The van der Waals surface area contributed by atoms with Crippen LogP contribution in [-0.2, 0) is 5.41 Å². The number of nitrogens with one attached hydrogen (secondary N) is 1. The van der Waals surface area contributed by atoms with Crippen LogP contribution >= 0.6 is 0 Å². The molecule has 0 fully saturated rings. The van der Waals surface area contributed by atoms with Gasteiger partial charge in [-0.25, -0.2) is 0 Å². The van der Waals surface area contributed by atoms with Crippen molar-refractivity contribution in [1.29, 1.82) is 0 Å². The number of rotatable bonds is 5. The summed E-state index contributed by atoms with van der Waals surface area (Å²) in [6.07, 6.45) is 0. The van der Waals surface area contributed by atoms with Gasteiger partial charge in [-0.1, -0.05) is 141 Å². The summed E-state index contributed by atoms with van der Waals surface area (Å²) in [5, 5.41) is 3.93. The van der Waals surface area contributed by atoms with Gasteiger partial charge < -0.3 is 9.88 Å². The highest BCUT2D eigenvalue weighted by molar-refractivity contribution is 6.21. The highest BCUT2D eigenvalue weighted by atomic mass is 15.1. The predicted octanol–water partition coefficient (Wildman–Crippen LogP) is 14.1. The van der Waals surface area contributed by atoms with Gasteiger partial charge in [0.25, 0.3) is 0 Å². The third-order valence-corrected chi connectivity index (χ3v) is 11.8. The second kappa shape index (κ2) is 11.2. The van der Waals surface area contributed by atoms with Crippen molar-refractivity contribution < 1.29 is 0 Å². The number of hydrogen-bond acceptors (Lipinski definition) is 1. The smallest absolute Gasteiger partial charge is 0.0551 e. The fourth-order valence-corrected chi connectivity index (χ4v) is 9.13. The molecular weight excluding hydrogens is 641 g/mol. The van der Waals surface area contributed by atoms with E-state index in [0.717, 1.165) is 17.1 Å². The Hall–Kier alpha value is -6.64. The Labute approximate surface area is 309 Å². The molecule has 0 saturated heterocycles. The maximum atomic E-state index is 3.79. The van der Waals surface area contributed by atoms with Gasteiger partial charge in [-0.05, 0) is 109 Å².